The maximum atomic E-state index is 13.2. The molecule has 0 unspecified atom stereocenters. The normalized spacial score (nSPS) is 27.0. The summed E-state index contributed by atoms with van der Waals surface area (Å²) in [4.78, 5) is 26.9. The lowest BCUT2D eigenvalue weighted by Gasteiger charge is -2.42. The summed E-state index contributed by atoms with van der Waals surface area (Å²) in [6.07, 6.45) is -2.61. The summed E-state index contributed by atoms with van der Waals surface area (Å²) >= 11 is 0. The van der Waals surface area contributed by atoms with E-state index in [1.807, 2.05) is 6.07 Å². The molecule has 31 heavy (non-hydrogen) atoms. The molecule has 1 saturated heterocycles. The second-order valence-corrected chi connectivity index (χ2v) is 9.54. The first-order chi connectivity index (χ1) is 14.3. The van der Waals surface area contributed by atoms with Crippen molar-refractivity contribution in [2.75, 3.05) is 6.54 Å². The number of ether oxygens (including phenoxy) is 2. The number of nitrogens with one attached hydrogen (secondary N) is 1. The number of benzene rings is 1. The summed E-state index contributed by atoms with van der Waals surface area (Å²) in [5, 5.41) is 33.0. The van der Waals surface area contributed by atoms with Crippen LogP contribution in [0.1, 0.15) is 58.2 Å². The van der Waals surface area contributed by atoms with Crippen LogP contribution in [-0.4, -0.2) is 63.1 Å². The average Bonchev–Trinajstić information content (AvgIpc) is 3.05. The van der Waals surface area contributed by atoms with Crippen molar-refractivity contribution in [1.29, 1.82) is 5.26 Å². The number of carbonyl (C=O) groups excluding carboxylic acids is 2. The van der Waals surface area contributed by atoms with Crippen LogP contribution in [-0.2, 0) is 9.53 Å². The summed E-state index contributed by atoms with van der Waals surface area (Å²) in [6, 6.07) is 5.02. The lowest BCUT2D eigenvalue weighted by molar-refractivity contribution is -0.130. The topological polar surface area (TPSA) is 132 Å². The second-order valence-electron chi connectivity index (χ2n) is 9.54. The minimum Gasteiger partial charge on any atom is -0.485 e. The molecule has 2 heterocycles. The quantitative estimate of drug-likeness (QED) is 0.648. The van der Waals surface area contributed by atoms with Crippen molar-refractivity contribution in [3.63, 3.8) is 0 Å². The van der Waals surface area contributed by atoms with E-state index >= 15 is 0 Å². The molecule has 9 nitrogen and oxygen atoms in total. The van der Waals surface area contributed by atoms with Crippen LogP contribution < -0.4 is 10.1 Å². The first-order valence-corrected chi connectivity index (χ1v) is 10.2. The molecule has 1 aromatic rings. The molecule has 4 atom stereocenters. The van der Waals surface area contributed by atoms with E-state index in [4.69, 9.17) is 9.47 Å². The van der Waals surface area contributed by atoms with Gasteiger partial charge in [0, 0.05) is 12.0 Å². The molecule has 9 heteroatoms. The van der Waals surface area contributed by atoms with Crippen LogP contribution in [0, 0.1) is 11.3 Å². The Labute approximate surface area is 181 Å². The fourth-order valence-corrected chi connectivity index (χ4v) is 3.86. The number of fused-ring (bicyclic) bond motifs is 1. The second kappa shape index (κ2) is 8.02. The van der Waals surface area contributed by atoms with E-state index in [9.17, 15) is 25.1 Å². The van der Waals surface area contributed by atoms with Crippen molar-refractivity contribution in [2.45, 2.75) is 76.5 Å². The molecule has 1 fully saturated rings. The summed E-state index contributed by atoms with van der Waals surface area (Å²) < 4.78 is 11.2. The monoisotopic (exact) mass is 431 g/mol. The van der Waals surface area contributed by atoms with Gasteiger partial charge in [-0.1, -0.05) is 0 Å². The van der Waals surface area contributed by atoms with Crippen LogP contribution in [0.4, 0.5) is 4.79 Å². The van der Waals surface area contributed by atoms with E-state index in [1.165, 1.54) is 4.90 Å². The molecule has 0 aliphatic carbocycles. The number of nitriles is 1. The third-order valence-corrected chi connectivity index (χ3v) is 5.38. The molecule has 3 N–H and O–H groups in total. The third kappa shape index (κ3) is 4.75. The molecule has 0 spiro atoms. The largest absolute Gasteiger partial charge is 0.485 e. The summed E-state index contributed by atoms with van der Waals surface area (Å²) in [5.41, 5.74) is -0.917. The van der Waals surface area contributed by atoms with Gasteiger partial charge in [-0.15, -0.1) is 0 Å². The molecule has 2 aliphatic rings. The summed E-state index contributed by atoms with van der Waals surface area (Å²) in [5.74, 6) is -0.0764. The van der Waals surface area contributed by atoms with Crippen molar-refractivity contribution in [2.24, 2.45) is 0 Å². The maximum Gasteiger partial charge on any atom is 0.411 e. The Morgan fingerprint density at radius 1 is 1.32 bits per heavy atom. The van der Waals surface area contributed by atoms with Gasteiger partial charge in [0.1, 0.15) is 29.1 Å². The number of hydrogen-bond acceptors (Lipinski definition) is 7. The van der Waals surface area contributed by atoms with Crippen molar-refractivity contribution < 1.29 is 29.3 Å². The predicted molar refractivity (Wildman–Crippen MR) is 110 cm³/mol. The van der Waals surface area contributed by atoms with Gasteiger partial charge in [-0.3, -0.25) is 9.69 Å². The molecule has 168 valence electrons. The zero-order valence-corrected chi connectivity index (χ0v) is 18.4. The Balaban J connectivity index is 1.87. The molecule has 2 aliphatic heterocycles. The Kier molecular flexibility index (Phi) is 5.91. The van der Waals surface area contributed by atoms with Crippen LogP contribution in [0.15, 0.2) is 18.2 Å². The highest BCUT2D eigenvalue weighted by molar-refractivity contribution is 5.87. The number of likely N-dealkylation sites (tertiary alicyclic amines) is 1. The van der Waals surface area contributed by atoms with E-state index < -0.39 is 47.5 Å². The van der Waals surface area contributed by atoms with Gasteiger partial charge in [-0.2, -0.15) is 5.26 Å². The molecule has 1 aromatic carbocycles. The fourth-order valence-electron chi connectivity index (χ4n) is 3.86. The van der Waals surface area contributed by atoms with E-state index in [1.54, 1.807) is 52.8 Å². The fraction of sp³-hybridized carbons (Fsp3) is 0.591. The first kappa shape index (κ1) is 22.8. The Morgan fingerprint density at radius 2 is 2.00 bits per heavy atom. The zero-order chi connectivity index (χ0) is 23.1. The number of hydrogen-bond donors (Lipinski definition) is 3. The van der Waals surface area contributed by atoms with Crippen LogP contribution in [0.5, 0.6) is 5.75 Å². The lowest BCUT2D eigenvalue weighted by atomic mass is 9.85. The zero-order valence-electron chi connectivity index (χ0n) is 18.4. The van der Waals surface area contributed by atoms with Gasteiger partial charge in [0.25, 0.3) is 0 Å². The highest BCUT2D eigenvalue weighted by Crippen LogP contribution is 2.40. The smallest absolute Gasteiger partial charge is 0.411 e. The minimum absolute atomic E-state index is 0.0238. The van der Waals surface area contributed by atoms with Crippen LogP contribution in [0.2, 0.25) is 0 Å². The number of rotatable bonds is 2. The molecule has 0 aromatic heterocycles. The van der Waals surface area contributed by atoms with Gasteiger partial charge in [0.15, 0.2) is 0 Å². The van der Waals surface area contributed by atoms with Crippen LogP contribution in [0.25, 0.3) is 0 Å². The van der Waals surface area contributed by atoms with E-state index in [0.29, 0.717) is 16.9 Å². The summed E-state index contributed by atoms with van der Waals surface area (Å²) in [7, 11) is 0. The van der Waals surface area contributed by atoms with Gasteiger partial charge in [-0.05, 0) is 52.8 Å². The van der Waals surface area contributed by atoms with Crippen LogP contribution >= 0.6 is 0 Å². The number of β-amino-alcohol motifs (C(OH)–C–C–N with tert-alkyl or cyclic N) is 1. The lowest BCUT2D eigenvalue weighted by Crippen LogP contribution is -2.56. The van der Waals surface area contributed by atoms with Crippen molar-refractivity contribution in [1.82, 2.24) is 10.2 Å². The Bertz CT molecular complexity index is 917. The molecular formula is C22H29N3O6. The SMILES string of the molecule is CC(C)(C)OC(=O)N1C[C@H](O)C[C@H]1C(=O)N[C@@H]1c2cc(C#N)ccc2OC(C)(C)[C@H]1O. The molecule has 0 saturated carbocycles. The van der Waals surface area contributed by atoms with Gasteiger partial charge in [0.2, 0.25) is 5.91 Å². The number of carbonyl (C=O) groups is 2. The van der Waals surface area contributed by atoms with E-state index in [0.717, 1.165) is 0 Å². The summed E-state index contributed by atoms with van der Waals surface area (Å²) in [6.45, 7) is 8.53. The van der Waals surface area contributed by atoms with Crippen molar-refractivity contribution >= 4 is 12.0 Å². The number of nitrogens with zero attached hydrogens (tertiary/aromatic N) is 2. The third-order valence-electron chi connectivity index (χ3n) is 5.38. The standard InChI is InChI=1S/C22H29N3O6/c1-21(2,3)31-20(29)25-11-13(26)9-15(25)19(28)24-17-14-8-12(10-23)6-7-16(14)30-22(4,5)18(17)27/h6-8,13,15,17-18,26-27H,9,11H2,1-5H3,(H,24,28)/t13-,15+,17-,18+/m1/s1. The van der Waals surface area contributed by atoms with Gasteiger partial charge in [-0.25, -0.2) is 4.79 Å². The number of amides is 2. The van der Waals surface area contributed by atoms with Crippen LogP contribution in [0.3, 0.4) is 0 Å². The molecule has 0 bridgehead atoms. The maximum absolute atomic E-state index is 13.2. The molecule has 2 amide bonds. The van der Waals surface area contributed by atoms with Gasteiger partial charge in [0.05, 0.1) is 30.3 Å². The Hall–Kier alpha value is -2.83. The minimum atomic E-state index is -1.11. The molecule has 3 rings (SSSR count). The molecule has 0 radical (unpaired) electrons. The van der Waals surface area contributed by atoms with Gasteiger partial charge >= 0.3 is 6.09 Å². The van der Waals surface area contributed by atoms with Crippen molar-refractivity contribution in [3.8, 4) is 11.8 Å². The van der Waals surface area contributed by atoms with Gasteiger partial charge < -0.3 is 25.0 Å². The average molecular weight is 431 g/mol. The highest BCUT2D eigenvalue weighted by Gasteiger charge is 2.46. The predicted octanol–water partition coefficient (Wildman–Crippen LogP) is 1.62. The highest BCUT2D eigenvalue weighted by atomic mass is 16.6. The van der Waals surface area contributed by atoms with E-state index in [2.05, 4.69) is 5.32 Å². The molecular weight excluding hydrogens is 402 g/mol. The Morgan fingerprint density at radius 3 is 2.61 bits per heavy atom. The van der Waals surface area contributed by atoms with E-state index in [-0.39, 0.29) is 13.0 Å². The van der Waals surface area contributed by atoms with Crippen molar-refractivity contribution in [3.05, 3.63) is 29.3 Å². The number of aliphatic hydroxyl groups is 2. The first-order valence-electron chi connectivity index (χ1n) is 10.2. The number of aliphatic hydroxyl groups excluding tert-OH is 2.